The average Bonchev–Trinajstić information content (AvgIpc) is 3.22. The maximum Gasteiger partial charge on any atom is 0.290 e. The molecule has 6 nitrogen and oxygen atoms in total. The van der Waals surface area contributed by atoms with Gasteiger partial charge in [-0.1, -0.05) is 24.0 Å². The Morgan fingerprint density at radius 3 is 2.78 bits per heavy atom. The zero-order chi connectivity index (χ0) is 18.8. The normalized spacial score (nSPS) is 14.9. The van der Waals surface area contributed by atoms with Crippen molar-refractivity contribution in [2.24, 2.45) is 0 Å². The summed E-state index contributed by atoms with van der Waals surface area (Å²) >= 11 is 0.838. The number of fused-ring (bicyclic) bond motifs is 1. The Bertz CT molecular complexity index is 1170. The van der Waals surface area contributed by atoms with Gasteiger partial charge in [-0.2, -0.15) is 0 Å². The van der Waals surface area contributed by atoms with E-state index in [4.69, 9.17) is 9.15 Å². The summed E-state index contributed by atoms with van der Waals surface area (Å²) in [5.74, 6) is 6.82. The molecule has 0 unspecified atom stereocenters. The largest absolute Gasteiger partial charge is 0.495 e. The van der Waals surface area contributed by atoms with E-state index in [1.54, 1.807) is 25.6 Å². The fraction of sp³-hybridized carbons (Fsp3) is 0.0500. The standard InChI is InChI=1S/C20H12N2O4S/c1-25-16-5-3-2-4-12(16)6-7-13-10-21-11-14-8-15(26-18(13)14)9-17-19(23)22-20(24)27-17/h2-5,8-11H,1H3,(H,22,23,24)/b17-9-. The molecule has 2 amide bonds. The molecular weight excluding hydrogens is 364 g/mol. The lowest BCUT2D eigenvalue weighted by molar-refractivity contribution is -0.115. The van der Waals surface area contributed by atoms with Crippen molar-refractivity contribution in [3.05, 3.63) is 64.5 Å². The molecule has 27 heavy (non-hydrogen) atoms. The number of carbonyl (C=O) groups is 2. The van der Waals surface area contributed by atoms with E-state index in [-0.39, 0.29) is 4.91 Å². The van der Waals surface area contributed by atoms with E-state index in [1.807, 2.05) is 24.3 Å². The molecule has 1 aromatic carbocycles. The van der Waals surface area contributed by atoms with E-state index < -0.39 is 11.1 Å². The molecule has 0 atom stereocenters. The van der Waals surface area contributed by atoms with Crippen LogP contribution in [0.2, 0.25) is 0 Å². The van der Waals surface area contributed by atoms with Crippen LogP contribution in [0.15, 0.2) is 52.0 Å². The van der Waals surface area contributed by atoms with Crippen LogP contribution in [0.4, 0.5) is 4.79 Å². The molecule has 0 saturated carbocycles. The fourth-order valence-electron chi connectivity index (χ4n) is 2.58. The van der Waals surface area contributed by atoms with Gasteiger partial charge in [-0.25, -0.2) is 0 Å². The minimum absolute atomic E-state index is 0.286. The number of para-hydroxylation sites is 1. The molecule has 0 radical (unpaired) electrons. The first-order valence-corrected chi connectivity index (χ1v) is 8.73. The second-order valence-electron chi connectivity index (χ2n) is 5.56. The van der Waals surface area contributed by atoms with Gasteiger partial charge in [0, 0.05) is 23.9 Å². The highest BCUT2D eigenvalue weighted by molar-refractivity contribution is 8.18. The second kappa shape index (κ2) is 7.02. The van der Waals surface area contributed by atoms with E-state index in [2.05, 4.69) is 22.1 Å². The molecular formula is C20H12N2O4S. The number of nitrogens with zero attached hydrogens (tertiary/aromatic N) is 1. The molecule has 1 fully saturated rings. The second-order valence-corrected chi connectivity index (χ2v) is 6.57. The van der Waals surface area contributed by atoms with Gasteiger partial charge >= 0.3 is 0 Å². The quantitative estimate of drug-likeness (QED) is 0.544. The maximum atomic E-state index is 11.7. The highest BCUT2D eigenvalue weighted by Gasteiger charge is 2.25. The van der Waals surface area contributed by atoms with Crippen LogP contribution in [-0.4, -0.2) is 23.2 Å². The predicted molar refractivity (Wildman–Crippen MR) is 102 cm³/mol. The average molecular weight is 376 g/mol. The van der Waals surface area contributed by atoms with Crippen molar-refractivity contribution in [2.75, 3.05) is 7.11 Å². The van der Waals surface area contributed by atoms with Gasteiger partial charge in [-0.05, 0) is 30.0 Å². The third-order valence-electron chi connectivity index (χ3n) is 3.80. The van der Waals surface area contributed by atoms with Crippen LogP contribution in [0.1, 0.15) is 16.9 Å². The number of hydrogen-bond acceptors (Lipinski definition) is 6. The topological polar surface area (TPSA) is 81.4 Å². The zero-order valence-electron chi connectivity index (χ0n) is 14.1. The third kappa shape index (κ3) is 3.43. The van der Waals surface area contributed by atoms with Crippen LogP contribution in [-0.2, 0) is 4.79 Å². The number of methoxy groups -OCH3 is 1. The smallest absolute Gasteiger partial charge is 0.290 e. The van der Waals surface area contributed by atoms with Gasteiger partial charge in [-0.3, -0.25) is 19.9 Å². The van der Waals surface area contributed by atoms with E-state index in [9.17, 15) is 9.59 Å². The van der Waals surface area contributed by atoms with Crippen LogP contribution in [0.25, 0.3) is 17.0 Å². The lowest BCUT2D eigenvalue weighted by Gasteiger charge is -2.00. The zero-order valence-corrected chi connectivity index (χ0v) is 14.9. The minimum Gasteiger partial charge on any atom is -0.495 e. The summed E-state index contributed by atoms with van der Waals surface area (Å²) in [5.41, 5.74) is 1.93. The van der Waals surface area contributed by atoms with Crippen molar-refractivity contribution in [1.82, 2.24) is 10.3 Å². The van der Waals surface area contributed by atoms with Crippen molar-refractivity contribution < 1.29 is 18.7 Å². The third-order valence-corrected chi connectivity index (χ3v) is 4.61. The fourth-order valence-corrected chi connectivity index (χ4v) is 3.24. The number of ether oxygens (including phenoxy) is 1. The molecule has 0 spiro atoms. The molecule has 1 aliphatic heterocycles. The Morgan fingerprint density at radius 2 is 2.00 bits per heavy atom. The van der Waals surface area contributed by atoms with Crippen LogP contribution in [0.3, 0.4) is 0 Å². The van der Waals surface area contributed by atoms with Crippen LogP contribution >= 0.6 is 11.8 Å². The van der Waals surface area contributed by atoms with Gasteiger partial charge in [0.25, 0.3) is 11.1 Å². The summed E-state index contributed by atoms with van der Waals surface area (Å²) in [7, 11) is 1.59. The lowest BCUT2D eigenvalue weighted by atomic mass is 10.1. The van der Waals surface area contributed by atoms with Crippen molar-refractivity contribution in [3.63, 3.8) is 0 Å². The Balaban J connectivity index is 1.73. The minimum atomic E-state index is -0.431. The van der Waals surface area contributed by atoms with Gasteiger partial charge in [0.15, 0.2) is 5.58 Å². The summed E-state index contributed by atoms with van der Waals surface area (Å²) in [6, 6.07) is 9.21. The number of benzene rings is 1. The van der Waals surface area contributed by atoms with Crippen molar-refractivity contribution >= 4 is 40.0 Å². The molecule has 1 N–H and O–H groups in total. The van der Waals surface area contributed by atoms with Gasteiger partial charge in [-0.15, -0.1) is 0 Å². The highest BCUT2D eigenvalue weighted by Crippen LogP contribution is 2.29. The number of hydrogen-bond donors (Lipinski definition) is 1. The number of furan rings is 1. The van der Waals surface area contributed by atoms with E-state index >= 15 is 0 Å². The molecule has 4 rings (SSSR count). The Kier molecular flexibility index (Phi) is 4.40. The molecule has 1 saturated heterocycles. The summed E-state index contributed by atoms with van der Waals surface area (Å²) in [6.45, 7) is 0. The maximum absolute atomic E-state index is 11.7. The first-order valence-electron chi connectivity index (χ1n) is 7.91. The molecule has 7 heteroatoms. The molecule has 3 heterocycles. The van der Waals surface area contributed by atoms with Crippen molar-refractivity contribution in [2.45, 2.75) is 0 Å². The monoisotopic (exact) mass is 376 g/mol. The highest BCUT2D eigenvalue weighted by atomic mass is 32.2. The summed E-state index contributed by atoms with van der Waals surface area (Å²) in [6.07, 6.45) is 4.80. The molecule has 0 aliphatic carbocycles. The first kappa shape index (κ1) is 16.9. The SMILES string of the molecule is COc1ccccc1C#Cc1cncc2cc(/C=C3\SC(=O)NC3=O)oc12. The van der Waals surface area contributed by atoms with Crippen LogP contribution in [0.5, 0.6) is 5.75 Å². The number of aromatic nitrogens is 1. The first-order chi connectivity index (χ1) is 13.1. The molecule has 0 bridgehead atoms. The number of imide groups is 1. The van der Waals surface area contributed by atoms with Crippen molar-refractivity contribution in [3.8, 4) is 17.6 Å². The van der Waals surface area contributed by atoms with Gasteiger partial charge in [0.1, 0.15) is 11.5 Å². The number of rotatable bonds is 2. The number of thioether (sulfide) groups is 1. The molecule has 3 aromatic rings. The summed E-state index contributed by atoms with van der Waals surface area (Å²) in [5, 5.41) is 2.57. The summed E-state index contributed by atoms with van der Waals surface area (Å²) in [4.78, 5) is 27.4. The van der Waals surface area contributed by atoms with Gasteiger partial charge < -0.3 is 9.15 Å². The number of pyridine rings is 1. The summed E-state index contributed by atoms with van der Waals surface area (Å²) < 4.78 is 11.1. The van der Waals surface area contributed by atoms with E-state index in [1.165, 1.54) is 6.08 Å². The number of carbonyl (C=O) groups excluding carboxylic acids is 2. The predicted octanol–water partition coefficient (Wildman–Crippen LogP) is 3.56. The number of amides is 2. The van der Waals surface area contributed by atoms with Gasteiger partial charge in [0.2, 0.25) is 0 Å². The lowest BCUT2D eigenvalue weighted by Crippen LogP contribution is -2.17. The number of nitrogens with one attached hydrogen (secondary N) is 1. The van der Waals surface area contributed by atoms with E-state index in [0.29, 0.717) is 22.7 Å². The Labute approximate surface area is 158 Å². The molecule has 132 valence electrons. The van der Waals surface area contributed by atoms with E-state index in [0.717, 1.165) is 22.7 Å². The molecule has 1 aliphatic rings. The van der Waals surface area contributed by atoms with Crippen molar-refractivity contribution in [1.29, 1.82) is 0 Å². The molecule has 2 aromatic heterocycles. The van der Waals surface area contributed by atoms with Gasteiger partial charge in [0.05, 0.1) is 23.1 Å². The Hall–Kier alpha value is -3.50. The van der Waals surface area contributed by atoms with Crippen LogP contribution in [0, 0.1) is 11.8 Å². The Morgan fingerprint density at radius 1 is 1.19 bits per heavy atom. The van der Waals surface area contributed by atoms with Crippen LogP contribution < -0.4 is 10.1 Å².